The highest BCUT2D eigenvalue weighted by Gasteiger charge is 2.21. The van der Waals surface area contributed by atoms with Gasteiger partial charge < -0.3 is 10.3 Å². The molecule has 0 saturated carbocycles. The van der Waals surface area contributed by atoms with E-state index >= 15 is 0 Å². The molecule has 1 heterocycles. The summed E-state index contributed by atoms with van der Waals surface area (Å²) in [5.41, 5.74) is 7.59. The highest BCUT2D eigenvalue weighted by molar-refractivity contribution is 6.33. The number of hydrogen-bond acceptors (Lipinski definition) is 2. The zero-order valence-corrected chi connectivity index (χ0v) is 11.9. The molecule has 1 amide bonds. The Hall–Kier alpha value is -1.29. The maximum Gasteiger partial charge on any atom is 0.219 e. The first kappa shape index (κ1) is 14.8. The maximum absolute atomic E-state index is 11.9. The molecule has 0 aliphatic carbocycles. The zero-order valence-electron chi connectivity index (χ0n) is 11.2. The molecule has 0 radical (unpaired) electrons. The van der Waals surface area contributed by atoms with Gasteiger partial charge in [0.25, 0.3) is 0 Å². The third-order valence-corrected chi connectivity index (χ3v) is 3.25. The van der Waals surface area contributed by atoms with E-state index < -0.39 is 5.38 Å². The molecule has 1 rings (SSSR count). The monoisotopic (exact) mass is 270 g/mol. The summed E-state index contributed by atoms with van der Waals surface area (Å²) in [5, 5.41) is -0.551. The van der Waals surface area contributed by atoms with Crippen molar-refractivity contribution in [1.29, 1.82) is 0 Å². The number of halogens is 1. The van der Waals surface area contributed by atoms with Gasteiger partial charge in [0.2, 0.25) is 5.91 Å². The molecule has 1 aromatic heterocycles. The molecule has 0 spiro atoms. The lowest BCUT2D eigenvalue weighted by Crippen LogP contribution is -2.19. The lowest BCUT2D eigenvalue weighted by atomic mass is 10.1. The van der Waals surface area contributed by atoms with Crippen molar-refractivity contribution in [2.75, 3.05) is 0 Å². The number of amides is 1. The molecule has 0 bridgehead atoms. The smallest absolute Gasteiger partial charge is 0.219 e. The van der Waals surface area contributed by atoms with Crippen molar-refractivity contribution in [2.24, 2.45) is 5.73 Å². The summed E-state index contributed by atoms with van der Waals surface area (Å²) in [5.74, 6) is -0.448. The number of hydrogen-bond donors (Lipinski definition) is 1. The minimum absolute atomic E-state index is 0.0605. The Kier molecular flexibility index (Phi) is 4.57. The number of carbonyl (C=O) groups is 2. The second-order valence-electron chi connectivity index (χ2n) is 4.65. The van der Waals surface area contributed by atoms with E-state index in [2.05, 4.69) is 0 Å². The lowest BCUT2D eigenvalue weighted by molar-refractivity contribution is -0.118. The van der Waals surface area contributed by atoms with Gasteiger partial charge in [-0.15, -0.1) is 11.6 Å². The van der Waals surface area contributed by atoms with Crippen LogP contribution in [0.1, 0.15) is 48.1 Å². The van der Waals surface area contributed by atoms with Crippen LogP contribution in [0.25, 0.3) is 0 Å². The van der Waals surface area contributed by atoms with Gasteiger partial charge in [0.05, 0.1) is 5.38 Å². The normalized spacial score (nSPS) is 14.3. The van der Waals surface area contributed by atoms with Crippen molar-refractivity contribution in [3.05, 3.63) is 23.0 Å². The fourth-order valence-electron chi connectivity index (χ4n) is 2.30. The molecule has 2 N–H and O–H groups in total. The molecule has 0 aliphatic rings. The van der Waals surface area contributed by atoms with Gasteiger partial charge in [-0.3, -0.25) is 9.59 Å². The van der Waals surface area contributed by atoms with Crippen LogP contribution in [0.2, 0.25) is 0 Å². The summed E-state index contributed by atoms with van der Waals surface area (Å²) >= 11 is 5.83. The number of aromatic nitrogens is 1. The van der Waals surface area contributed by atoms with Crippen LogP contribution < -0.4 is 5.73 Å². The summed E-state index contributed by atoms with van der Waals surface area (Å²) in [6, 6.07) is 1.75. The summed E-state index contributed by atoms with van der Waals surface area (Å²) in [7, 11) is 0. The summed E-state index contributed by atoms with van der Waals surface area (Å²) < 4.78 is 1.96. The first-order valence-corrected chi connectivity index (χ1v) is 6.34. The van der Waals surface area contributed by atoms with E-state index in [1.54, 1.807) is 6.92 Å². The standard InChI is InChI=1S/C13H19ClN2O2/c1-7-5-11(13(18)9(3)14)10(4)16(7)8(2)6-12(15)17/h5,8-9H,6H2,1-4H3,(H2,15,17). The molecule has 18 heavy (non-hydrogen) atoms. The van der Waals surface area contributed by atoms with E-state index in [4.69, 9.17) is 17.3 Å². The largest absolute Gasteiger partial charge is 0.370 e. The van der Waals surface area contributed by atoms with Gasteiger partial charge in [0, 0.05) is 29.4 Å². The van der Waals surface area contributed by atoms with Gasteiger partial charge in [-0.05, 0) is 33.8 Å². The summed E-state index contributed by atoms with van der Waals surface area (Å²) in [6.45, 7) is 7.32. The van der Waals surface area contributed by atoms with Crippen LogP contribution in [0, 0.1) is 13.8 Å². The molecule has 2 unspecified atom stereocenters. The van der Waals surface area contributed by atoms with Crippen molar-refractivity contribution in [3.8, 4) is 0 Å². The number of alkyl halides is 1. The first-order valence-electron chi connectivity index (χ1n) is 5.90. The number of rotatable bonds is 5. The molecule has 0 fully saturated rings. The topological polar surface area (TPSA) is 65.1 Å². The SMILES string of the molecule is Cc1cc(C(=O)C(C)Cl)c(C)n1C(C)CC(N)=O. The third kappa shape index (κ3) is 2.93. The number of aryl methyl sites for hydroxylation is 1. The predicted molar refractivity (Wildman–Crippen MR) is 72.1 cm³/mol. The van der Waals surface area contributed by atoms with Gasteiger partial charge in [-0.1, -0.05) is 0 Å². The van der Waals surface area contributed by atoms with Crippen LogP contribution in [-0.4, -0.2) is 21.6 Å². The number of ketones is 1. The number of primary amides is 1. The molecule has 2 atom stereocenters. The minimum atomic E-state index is -0.551. The van der Waals surface area contributed by atoms with Gasteiger partial charge in [0.1, 0.15) is 0 Å². The van der Waals surface area contributed by atoms with Gasteiger partial charge in [-0.25, -0.2) is 0 Å². The quantitative estimate of drug-likeness (QED) is 0.659. The van der Waals surface area contributed by atoms with Crippen LogP contribution in [0.3, 0.4) is 0 Å². The third-order valence-electron chi connectivity index (χ3n) is 3.05. The molecule has 100 valence electrons. The van der Waals surface area contributed by atoms with Crippen LogP contribution in [-0.2, 0) is 4.79 Å². The van der Waals surface area contributed by atoms with E-state index in [-0.39, 0.29) is 24.2 Å². The highest BCUT2D eigenvalue weighted by atomic mass is 35.5. The van der Waals surface area contributed by atoms with Crippen molar-refractivity contribution in [2.45, 2.75) is 45.5 Å². The fraction of sp³-hybridized carbons (Fsp3) is 0.538. The van der Waals surface area contributed by atoms with Gasteiger partial charge in [0.15, 0.2) is 5.78 Å². The Labute approximate surface area is 112 Å². The van der Waals surface area contributed by atoms with Crippen molar-refractivity contribution in [1.82, 2.24) is 4.57 Å². The molecule has 0 saturated heterocycles. The van der Waals surface area contributed by atoms with Crippen molar-refractivity contribution >= 4 is 23.3 Å². The fourth-order valence-corrected chi connectivity index (χ4v) is 2.42. The number of carbonyl (C=O) groups excluding carboxylic acids is 2. The first-order chi connectivity index (χ1) is 8.25. The van der Waals surface area contributed by atoms with Crippen molar-refractivity contribution < 1.29 is 9.59 Å². The molecule has 0 aliphatic heterocycles. The Morgan fingerprint density at radius 3 is 2.39 bits per heavy atom. The molecular formula is C13H19ClN2O2. The molecular weight excluding hydrogens is 252 g/mol. The van der Waals surface area contributed by atoms with E-state index in [0.29, 0.717) is 5.56 Å². The van der Waals surface area contributed by atoms with Crippen LogP contribution in [0.15, 0.2) is 6.07 Å². The van der Waals surface area contributed by atoms with E-state index in [0.717, 1.165) is 11.4 Å². The highest BCUT2D eigenvalue weighted by Crippen LogP contribution is 2.24. The molecule has 5 heteroatoms. The number of nitrogens with two attached hydrogens (primary N) is 1. The number of Topliss-reactive ketones (excluding diaryl/α,β-unsaturated/α-hetero) is 1. The van der Waals surface area contributed by atoms with E-state index in [1.165, 1.54) is 0 Å². The second-order valence-corrected chi connectivity index (χ2v) is 5.31. The van der Waals surface area contributed by atoms with Crippen LogP contribution >= 0.6 is 11.6 Å². The minimum Gasteiger partial charge on any atom is -0.370 e. The van der Waals surface area contributed by atoms with Gasteiger partial charge in [-0.2, -0.15) is 0 Å². The number of nitrogens with zero attached hydrogens (tertiary/aromatic N) is 1. The lowest BCUT2D eigenvalue weighted by Gasteiger charge is -2.17. The summed E-state index contributed by atoms with van der Waals surface area (Å²) in [4.78, 5) is 22.9. The van der Waals surface area contributed by atoms with E-state index in [9.17, 15) is 9.59 Å². The average Bonchev–Trinajstić information content (AvgIpc) is 2.51. The average molecular weight is 271 g/mol. The Morgan fingerprint density at radius 2 is 1.94 bits per heavy atom. The molecule has 0 aromatic carbocycles. The van der Waals surface area contributed by atoms with Crippen LogP contribution in [0.5, 0.6) is 0 Å². The Bertz CT molecular complexity index is 478. The molecule has 1 aromatic rings. The zero-order chi connectivity index (χ0) is 14.0. The molecule has 4 nitrogen and oxygen atoms in total. The van der Waals surface area contributed by atoms with Crippen LogP contribution in [0.4, 0.5) is 0 Å². The maximum atomic E-state index is 11.9. The van der Waals surface area contributed by atoms with Crippen molar-refractivity contribution in [3.63, 3.8) is 0 Å². The summed E-state index contributed by atoms with van der Waals surface area (Å²) in [6.07, 6.45) is 0.250. The predicted octanol–water partition coefficient (Wildman–Crippen LogP) is 2.35. The second kappa shape index (κ2) is 5.57. The van der Waals surface area contributed by atoms with Gasteiger partial charge >= 0.3 is 0 Å². The Morgan fingerprint density at radius 1 is 1.39 bits per heavy atom. The van der Waals surface area contributed by atoms with E-state index in [1.807, 2.05) is 31.4 Å². The Balaban J connectivity index is 3.16.